The van der Waals surface area contributed by atoms with Gasteiger partial charge in [0.2, 0.25) is 0 Å². The quantitative estimate of drug-likeness (QED) is 0.787. The number of tetrazole rings is 1. The second kappa shape index (κ2) is 6.58. The normalized spacial score (nSPS) is 10.0. The van der Waals surface area contributed by atoms with Gasteiger partial charge >= 0.3 is 0 Å². The molecule has 0 saturated heterocycles. The Morgan fingerprint density at radius 2 is 1.40 bits per heavy atom. The van der Waals surface area contributed by atoms with E-state index in [1.54, 1.807) is 0 Å². The van der Waals surface area contributed by atoms with Gasteiger partial charge in [0.25, 0.3) is 0 Å². The van der Waals surface area contributed by atoms with Crippen LogP contribution in [0.25, 0.3) is 0 Å². The average molecular weight is 267 g/mol. The van der Waals surface area contributed by atoms with Crippen molar-refractivity contribution in [3.8, 4) is 0 Å². The van der Waals surface area contributed by atoms with Gasteiger partial charge in [0.1, 0.15) is 0 Å². The van der Waals surface area contributed by atoms with Crippen LogP contribution in [0.1, 0.15) is 17.0 Å². The molecule has 3 aromatic rings. The molecule has 0 aliphatic carbocycles. The molecule has 3 N–H and O–H groups in total. The lowest BCUT2D eigenvalue weighted by Crippen LogP contribution is -2.07. The Balaban J connectivity index is 0.00000147. The third kappa shape index (κ3) is 3.27. The minimum Gasteiger partial charge on any atom is -0.344 e. The van der Waals surface area contributed by atoms with E-state index in [2.05, 4.69) is 39.8 Å². The van der Waals surface area contributed by atoms with Crippen molar-refractivity contribution in [1.82, 2.24) is 26.4 Å². The predicted molar refractivity (Wildman–Crippen MR) is 77.6 cm³/mol. The van der Waals surface area contributed by atoms with E-state index >= 15 is 0 Å². The van der Waals surface area contributed by atoms with Gasteiger partial charge in [-0.2, -0.15) is 0 Å². The topological polar surface area (TPSA) is 78.6 Å². The standard InChI is InChI=1S/C15H14N4.H3N/c1-3-7-13(8-4-1)11-15-16-17-18-19(15)12-14-9-5-2-6-10-14;/h1-10H,11-12H2;1H3. The van der Waals surface area contributed by atoms with Crippen molar-refractivity contribution in [3.63, 3.8) is 0 Å². The monoisotopic (exact) mass is 267 g/mol. The van der Waals surface area contributed by atoms with Crippen LogP contribution in [-0.4, -0.2) is 20.2 Å². The second-order valence-electron chi connectivity index (χ2n) is 4.40. The SMILES string of the molecule is N.c1ccc(Cc2nnnn2Cc2ccccc2)cc1. The summed E-state index contributed by atoms with van der Waals surface area (Å²) in [7, 11) is 0. The highest BCUT2D eigenvalue weighted by Crippen LogP contribution is 2.08. The smallest absolute Gasteiger partial charge is 0.156 e. The molecular formula is C15H17N5. The van der Waals surface area contributed by atoms with Crippen LogP contribution >= 0.6 is 0 Å². The van der Waals surface area contributed by atoms with Crippen LogP contribution in [0.5, 0.6) is 0 Å². The molecule has 102 valence electrons. The van der Waals surface area contributed by atoms with Gasteiger partial charge in [0.05, 0.1) is 6.54 Å². The first-order valence-corrected chi connectivity index (χ1v) is 6.25. The number of nitrogens with zero attached hydrogens (tertiary/aromatic N) is 4. The lowest BCUT2D eigenvalue weighted by molar-refractivity contribution is 0.625. The summed E-state index contributed by atoms with van der Waals surface area (Å²) in [5, 5.41) is 12.0. The van der Waals surface area contributed by atoms with E-state index in [1.807, 2.05) is 41.1 Å². The van der Waals surface area contributed by atoms with Gasteiger partial charge < -0.3 is 6.15 Å². The van der Waals surface area contributed by atoms with E-state index in [4.69, 9.17) is 0 Å². The molecule has 1 aromatic heterocycles. The Kier molecular flexibility index (Phi) is 4.57. The molecule has 0 unspecified atom stereocenters. The van der Waals surface area contributed by atoms with Gasteiger partial charge in [-0.05, 0) is 21.6 Å². The number of hydrogen-bond donors (Lipinski definition) is 1. The maximum atomic E-state index is 4.11. The third-order valence-electron chi connectivity index (χ3n) is 2.99. The number of rotatable bonds is 4. The minimum atomic E-state index is 0. The zero-order chi connectivity index (χ0) is 12.9. The molecular weight excluding hydrogens is 250 g/mol. The van der Waals surface area contributed by atoms with Crippen LogP contribution in [0.2, 0.25) is 0 Å². The third-order valence-corrected chi connectivity index (χ3v) is 2.99. The van der Waals surface area contributed by atoms with E-state index in [-0.39, 0.29) is 6.15 Å². The summed E-state index contributed by atoms with van der Waals surface area (Å²) < 4.78 is 1.85. The summed E-state index contributed by atoms with van der Waals surface area (Å²) >= 11 is 0. The molecule has 20 heavy (non-hydrogen) atoms. The molecule has 5 nitrogen and oxygen atoms in total. The Morgan fingerprint density at radius 1 is 0.800 bits per heavy atom. The van der Waals surface area contributed by atoms with Gasteiger partial charge in [-0.25, -0.2) is 4.68 Å². The summed E-state index contributed by atoms with van der Waals surface area (Å²) in [6, 6.07) is 20.4. The van der Waals surface area contributed by atoms with Gasteiger partial charge in [-0.3, -0.25) is 0 Å². The largest absolute Gasteiger partial charge is 0.344 e. The highest BCUT2D eigenvalue weighted by Gasteiger charge is 2.07. The van der Waals surface area contributed by atoms with Gasteiger partial charge in [0, 0.05) is 6.42 Å². The first kappa shape index (κ1) is 13.9. The van der Waals surface area contributed by atoms with Crippen LogP contribution in [-0.2, 0) is 13.0 Å². The fourth-order valence-electron chi connectivity index (χ4n) is 2.01. The molecule has 0 aliphatic heterocycles. The van der Waals surface area contributed by atoms with E-state index in [0.29, 0.717) is 6.54 Å². The van der Waals surface area contributed by atoms with Crippen LogP contribution in [0.3, 0.4) is 0 Å². The van der Waals surface area contributed by atoms with Crippen LogP contribution in [0.4, 0.5) is 0 Å². The number of aromatic nitrogens is 4. The molecule has 0 atom stereocenters. The molecule has 0 amide bonds. The highest BCUT2D eigenvalue weighted by molar-refractivity contribution is 5.19. The van der Waals surface area contributed by atoms with Gasteiger partial charge in [0.15, 0.2) is 5.82 Å². The van der Waals surface area contributed by atoms with E-state index in [9.17, 15) is 0 Å². The van der Waals surface area contributed by atoms with E-state index in [1.165, 1.54) is 11.1 Å². The molecule has 5 heteroatoms. The van der Waals surface area contributed by atoms with Crippen molar-refractivity contribution in [2.45, 2.75) is 13.0 Å². The van der Waals surface area contributed by atoms with Crippen molar-refractivity contribution in [2.75, 3.05) is 0 Å². The lowest BCUT2D eigenvalue weighted by Gasteiger charge is -2.04. The van der Waals surface area contributed by atoms with E-state index in [0.717, 1.165) is 12.2 Å². The summed E-state index contributed by atoms with van der Waals surface area (Å²) in [5.41, 5.74) is 2.41. The highest BCUT2D eigenvalue weighted by atomic mass is 15.5. The lowest BCUT2D eigenvalue weighted by atomic mass is 10.1. The predicted octanol–water partition coefficient (Wildman–Crippen LogP) is 2.47. The van der Waals surface area contributed by atoms with Gasteiger partial charge in [-0.15, -0.1) is 5.10 Å². The molecule has 0 bridgehead atoms. The Labute approximate surface area is 117 Å². The number of hydrogen-bond acceptors (Lipinski definition) is 4. The first-order chi connectivity index (χ1) is 9.42. The van der Waals surface area contributed by atoms with E-state index < -0.39 is 0 Å². The molecule has 0 aliphatic rings. The van der Waals surface area contributed by atoms with Crippen LogP contribution < -0.4 is 6.15 Å². The minimum absolute atomic E-state index is 0. The first-order valence-electron chi connectivity index (χ1n) is 6.25. The second-order valence-corrected chi connectivity index (χ2v) is 4.40. The molecule has 2 aromatic carbocycles. The average Bonchev–Trinajstić information content (AvgIpc) is 2.88. The van der Waals surface area contributed by atoms with Crippen molar-refractivity contribution >= 4 is 0 Å². The maximum Gasteiger partial charge on any atom is 0.156 e. The molecule has 3 rings (SSSR count). The Morgan fingerprint density at radius 3 is 2.05 bits per heavy atom. The van der Waals surface area contributed by atoms with Crippen LogP contribution in [0, 0.1) is 0 Å². The fourth-order valence-corrected chi connectivity index (χ4v) is 2.01. The summed E-state index contributed by atoms with van der Waals surface area (Å²) in [6.45, 7) is 0.704. The summed E-state index contributed by atoms with van der Waals surface area (Å²) in [5.74, 6) is 0.884. The van der Waals surface area contributed by atoms with Crippen molar-refractivity contribution in [2.24, 2.45) is 0 Å². The summed E-state index contributed by atoms with van der Waals surface area (Å²) in [6.07, 6.45) is 0.751. The zero-order valence-corrected chi connectivity index (χ0v) is 11.2. The molecule has 0 fully saturated rings. The fraction of sp³-hybridized carbons (Fsp3) is 0.133. The zero-order valence-electron chi connectivity index (χ0n) is 11.2. The van der Waals surface area contributed by atoms with Gasteiger partial charge in [-0.1, -0.05) is 60.7 Å². The van der Waals surface area contributed by atoms with Crippen LogP contribution in [0.15, 0.2) is 60.7 Å². The molecule has 0 saturated carbocycles. The van der Waals surface area contributed by atoms with Crippen molar-refractivity contribution in [1.29, 1.82) is 0 Å². The number of benzene rings is 2. The Hall–Kier alpha value is -2.53. The van der Waals surface area contributed by atoms with Crippen molar-refractivity contribution in [3.05, 3.63) is 77.6 Å². The molecule has 0 radical (unpaired) electrons. The Bertz CT molecular complexity index is 578. The maximum absolute atomic E-state index is 4.11. The molecule has 0 spiro atoms. The van der Waals surface area contributed by atoms with Crippen molar-refractivity contribution < 1.29 is 0 Å². The molecule has 1 heterocycles. The summed E-state index contributed by atoms with van der Waals surface area (Å²) in [4.78, 5) is 0.